The first-order valence-corrected chi connectivity index (χ1v) is 6.33. The van der Waals surface area contributed by atoms with Gasteiger partial charge in [-0.25, -0.2) is 8.78 Å². The van der Waals surface area contributed by atoms with Crippen LogP contribution in [0.1, 0.15) is 16.7 Å². The summed E-state index contributed by atoms with van der Waals surface area (Å²) >= 11 is 0. The second-order valence-corrected chi connectivity index (χ2v) is 4.57. The fourth-order valence-electron chi connectivity index (χ4n) is 2.10. The van der Waals surface area contributed by atoms with E-state index in [1.807, 2.05) is 18.2 Å². The van der Waals surface area contributed by atoms with E-state index >= 15 is 0 Å². The Balaban J connectivity index is 2.13. The molecule has 0 spiro atoms. The van der Waals surface area contributed by atoms with Gasteiger partial charge in [-0.3, -0.25) is 4.79 Å². The van der Waals surface area contributed by atoms with Crippen molar-refractivity contribution in [1.29, 1.82) is 0 Å². The molecule has 0 aromatic heterocycles. The number of Topliss-reactive ketones (excluding diaryl/α,β-unsaturated/α-hetero) is 1. The number of carbonyl (C=O) groups excluding carboxylic acids is 1. The molecular formula is C16H15F2NO. The van der Waals surface area contributed by atoms with Crippen LogP contribution in [-0.2, 0) is 24.2 Å². The first kappa shape index (κ1) is 14.3. The Morgan fingerprint density at radius 3 is 2.10 bits per heavy atom. The molecule has 2 N–H and O–H groups in total. The van der Waals surface area contributed by atoms with Gasteiger partial charge in [0.1, 0.15) is 17.4 Å². The minimum atomic E-state index is -0.689. The van der Waals surface area contributed by atoms with E-state index < -0.39 is 11.6 Å². The standard InChI is InChI=1S/C16H15F2NO/c17-15-6-3-7-16(18)14(15)9-13(20)8-11-4-1-2-5-12(11)10-19/h1-7H,8-10,19H2. The third kappa shape index (κ3) is 3.27. The van der Waals surface area contributed by atoms with Crippen LogP contribution in [0.3, 0.4) is 0 Å². The summed E-state index contributed by atoms with van der Waals surface area (Å²) in [5.41, 5.74) is 7.09. The smallest absolute Gasteiger partial charge is 0.141 e. The molecule has 2 rings (SSSR count). The molecule has 0 bridgehead atoms. The maximum atomic E-state index is 13.5. The van der Waals surface area contributed by atoms with Gasteiger partial charge in [0.05, 0.1) is 0 Å². The molecule has 0 aliphatic carbocycles. The van der Waals surface area contributed by atoms with Gasteiger partial charge in [-0.2, -0.15) is 0 Å². The van der Waals surface area contributed by atoms with E-state index in [0.717, 1.165) is 23.3 Å². The van der Waals surface area contributed by atoms with Gasteiger partial charge in [-0.15, -0.1) is 0 Å². The number of hydrogen-bond donors (Lipinski definition) is 1. The second-order valence-electron chi connectivity index (χ2n) is 4.57. The predicted octanol–water partition coefficient (Wildman–Crippen LogP) is 2.78. The van der Waals surface area contributed by atoms with E-state index in [1.165, 1.54) is 6.07 Å². The van der Waals surface area contributed by atoms with Crippen molar-refractivity contribution in [1.82, 2.24) is 0 Å². The average molecular weight is 275 g/mol. The Morgan fingerprint density at radius 2 is 1.50 bits per heavy atom. The summed E-state index contributed by atoms with van der Waals surface area (Å²) in [5.74, 6) is -1.62. The number of rotatable bonds is 5. The van der Waals surface area contributed by atoms with Gasteiger partial charge in [0.2, 0.25) is 0 Å². The molecule has 4 heteroatoms. The van der Waals surface area contributed by atoms with Gasteiger partial charge in [-0.1, -0.05) is 30.3 Å². The van der Waals surface area contributed by atoms with Crippen molar-refractivity contribution in [3.05, 3.63) is 70.8 Å². The lowest BCUT2D eigenvalue weighted by Crippen LogP contribution is -2.12. The van der Waals surface area contributed by atoms with Crippen LogP contribution in [0.5, 0.6) is 0 Å². The topological polar surface area (TPSA) is 43.1 Å². The van der Waals surface area contributed by atoms with Crippen LogP contribution in [0.2, 0.25) is 0 Å². The Labute approximate surface area is 116 Å². The highest BCUT2D eigenvalue weighted by molar-refractivity contribution is 5.83. The van der Waals surface area contributed by atoms with Crippen LogP contribution < -0.4 is 5.73 Å². The minimum Gasteiger partial charge on any atom is -0.326 e. The van der Waals surface area contributed by atoms with Gasteiger partial charge in [0.15, 0.2) is 0 Å². The van der Waals surface area contributed by atoms with Crippen molar-refractivity contribution in [3.63, 3.8) is 0 Å². The van der Waals surface area contributed by atoms with Gasteiger partial charge in [-0.05, 0) is 23.3 Å². The summed E-state index contributed by atoms with van der Waals surface area (Å²) in [6, 6.07) is 10.9. The number of nitrogens with two attached hydrogens (primary N) is 1. The quantitative estimate of drug-likeness (QED) is 0.911. The Morgan fingerprint density at radius 1 is 0.900 bits per heavy atom. The number of hydrogen-bond acceptors (Lipinski definition) is 2. The molecule has 20 heavy (non-hydrogen) atoms. The molecule has 2 nitrogen and oxygen atoms in total. The largest absolute Gasteiger partial charge is 0.326 e. The molecule has 0 radical (unpaired) electrons. The molecule has 104 valence electrons. The van der Waals surface area contributed by atoms with Crippen LogP contribution >= 0.6 is 0 Å². The van der Waals surface area contributed by atoms with Crippen LogP contribution in [-0.4, -0.2) is 5.78 Å². The number of carbonyl (C=O) groups is 1. The molecule has 0 heterocycles. The Hall–Kier alpha value is -2.07. The third-order valence-corrected chi connectivity index (χ3v) is 3.16. The lowest BCUT2D eigenvalue weighted by molar-refractivity contribution is -0.117. The summed E-state index contributed by atoms with van der Waals surface area (Å²) in [7, 11) is 0. The Bertz CT molecular complexity index is 605. The van der Waals surface area contributed by atoms with Gasteiger partial charge < -0.3 is 5.73 Å². The van der Waals surface area contributed by atoms with E-state index in [2.05, 4.69) is 0 Å². The monoisotopic (exact) mass is 275 g/mol. The molecular weight excluding hydrogens is 260 g/mol. The van der Waals surface area contributed by atoms with Crippen molar-refractivity contribution < 1.29 is 13.6 Å². The van der Waals surface area contributed by atoms with Crippen LogP contribution in [0.4, 0.5) is 8.78 Å². The summed E-state index contributed by atoms with van der Waals surface area (Å²) < 4.78 is 27.0. The van der Waals surface area contributed by atoms with E-state index in [1.54, 1.807) is 6.07 Å². The van der Waals surface area contributed by atoms with E-state index in [4.69, 9.17) is 5.73 Å². The highest BCUT2D eigenvalue weighted by Crippen LogP contribution is 2.15. The molecule has 0 amide bonds. The number of ketones is 1. The highest BCUT2D eigenvalue weighted by Gasteiger charge is 2.14. The van der Waals surface area contributed by atoms with Crippen LogP contribution in [0, 0.1) is 11.6 Å². The molecule has 0 unspecified atom stereocenters. The summed E-state index contributed by atoms with van der Waals surface area (Å²) in [6.07, 6.45) is -0.126. The normalized spacial score (nSPS) is 10.6. The zero-order valence-corrected chi connectivity index (χ0v) is 10.9. The summed E-state index contributed by atoms with van der Waals surface area (Å²) in [5, 5.41) is 0. The number of halogens is 2. The van der Waals surface area contributed by atoms with Crippen molar-refractivity contribution in [2.24, 2.45) is 5.73 Å². The van der Waals surface area contributed by atoms with Crippen LogP contribution in [0.25, 0.3) is 0 Å². The molecule has 2 aromatic carbocycles. The summed E-state index contributed by atoms with van der Waals surface area (Å²) in [6.45, 7) is 0.331. The zero-order chi connectivity index (χ0) is 14.5. The summed E-state index contributed by atoms with van der Waals surface area (Å²) in [4.78, 5) is 12.0. The number of benzene rings is 2. The lowest BCUT2D eigenvalue weighted by Gasteiger charge is -2.08. The molecule has 0 aliphatic rings. The third-order valence-electron chi connectivity index (χ3n) is 3.16. The van der Waals surface area contributed by atoms with E-state index in [-0.39, 0.29) is 24.2 Å². The average Bonchev–Trinajstić information content (AvgIpc) is 2.44. The maximum Gasteiger partial charge on any atom is 0.141 e. The lowest BCUT2D eigenvalue weighted by atomic mass is 9.98. The minimum absolute atomic E-state index is 0.126. The van der Waals surface area contributed by atoms with Gasteiger partial charge >= 0.3 is 0 Å². The van der Waals surface area contributed by atoms with Crippen molar-refractivity contribution in [2.75, 3.05) is 0 Å². The molecule has 2 aromatic rings. The van der Waals surface area contributed by atoms with Crippen LogP contribution in [0.15, 0.2) is 42.5 Å². The predicted molar refractivity (Wildman–Crippen MR) is 73.1 cm³/mol. The second kappa shape index (κ2) is 6.39. The highest BCUT2D eigenvalue weighted by atomic mass is 19.1. The van der Waals surface area contributed by atoms with Crippen molar-refractivity contribution in [3.8, 4) is 0 Å². The van der Waals surface area contributed by atoms with Crippen molar-refractivity contribution >= 4 is 5.78 Å². The SMILES string of the molecule is NCc1ccccc1CC(=O)Cc1c(F)cccc1F. The van der Waals surface area contributed by atoms with Gasteiger partial charge in [0, 0.05) is 24.9 Å². The molecule has 0 saturated carbocycles. The Kier molecular flexibility index (Phi) is 4.58. The first-order chi connectivity index (χ1) is 9.61. The fraction of sp³-hybridized carbons (Fsp3) is 0.188. The molecule has 0 fully saturated rings. The zero-order valence-electron chi connectivity index (χ0n) is 10.9. The molecule has 0 saturated heterocycles. The first-order valence-electron chi connectivity index (χ1n) is 6.33. The van der Waals surface area contributed by atoms with Gasteiger partial charge in [0.25, 0.3) is 0 Å². The molecule has 0 aliphatic heterocycles. The van der Waals surface area contributed by atoms with E-state index in [0.29, 0.717) is 6.54 Å². The molecule has 0 atom stereocenters. The fourth-order valence-corrected chi connectivity index (χ4v) is 2.10. The maximum absolute atomic E-state index is 13.5. The van der Waals surface area contributed by atoms with E-state index in [9.17, 15) is 13.6 Å². The van der Waals surface area contributed by atoms with Crippen molar-refractivity contribution in [2.45, 2.75) is 19.4 Å².